The van der Waals surface area contributed by atoms with Crippen molar-refractivity contribution in [2.75, 3.05) is 13.2 Å². The normalized spacial score (nSPS) is 11.7. The third-order valence-corrected chi connectivity index (χ3v) is 6.31. The molecule has 1 N–H and O–H groups in total. The van der Waals surface area contributed by atoms with Gasteiger partial charge >= 0.3 is 13.6 Å². The van der Waals surface area contributed by atoms with Gasteiger partial charge in [-0.15, -0.1) is 0 Å². The maximum Gasteiger partial charge on any atom is 0.401 e. The van der Waals surface area contributed by atoms with Crippen LogP contribution < -0.4 is 4.74 Å². The van der Waals surface area contributed by atoms with Crippen molar-refractivity contribution in [1.29, 1.82) is 0 Å². The summed E-state index contributed by atoms with van der Waals surface area (Å²) >= 11 is 0. The number of hydrogen-bond donors (Lipinski definition) is 1. The number of benzene rings is 2. The highest BCUT2D eigenvalue weighted by atomic mass is 31.2. The zero-order chi connectivity index (χ0) is 24.5. The molecule has 7 nitrogen and oxygen atoms in total. The van der Waals surface area contributed by atoms with Gasteiger partial charge in [0.15, 0.2) is 0 Å². The van der Waals surface area contributed by atoms with Crippen LogP contribution in [-0.4, -0.2) is 29.7 Å². The molecule has 3 rings (SSSR count). The first-order valence-electron chi connectivity index (χ1n) is 9.35. The predicted octanol–water partition coefficient (Wildman–Crippen LogP) is 5.49. The van der Waals surface area contributed by atoms with Crippen LogP contribution in [-0.2, 0) is 13.6 Å². The van der Waals surface area contributed by atoms with E-state index in [9.17, 15) is 36.1 Å². The zero-order valence-corrected chi connectivity index (χ0v) is 17.9. The van der Waals surface area contributed by atoms with E-state index in [0.717, 1.165) is 6.07 Å². The molecule has 3 aromatic rings. The molecule has 0 aliphatic carbocycles. The Kier molecular flexibility index (Phi) is 7.01. The molecule has 0 spiro atoms. The summed E-state index contributed by atoms with van der Waals surface area (Å²) in [5.74, 6) is -15.4. The third-order valence-electron chi connectivity index (χ3n) is 4.38. The maximum atomic E-state index is 14.0. The molecular weight excluding hydrogens is 476 g/mol. The molecule has 0 unspecified atom stereocenters. The lowest BCUT2D eigenvalue weighted by atomic mass is 10.0. The molecule has 1 aromatic heterocycles. The number of aromatic nitrogens is 1. The SMILES string of the molecule is CCOP(=O)(OCC)C(=O)c1ccc2[nH]ccc2c1C(=O)Oc1c(F)c(F)c(F)c(F)c1F. The first kappa shape index (κ1) is 24.6. The number of H-pyrrole nitrogens is 1. The van der Waals surface area contributed by atoms with Crippen LogP contribution in [0.25, 0.3) is 10.9 Å². The summed E-state index contributed by atoms with van der Waals surface area (Å²) in [5, 5.41) is -0.0192. The summed E-state index contributed by atoms with van der Waals surface area (Å²) in [4.78, 5) is 28.6. The minimum absolute atomic E-state index is 0.0192. The van der Waals surface area contributed by atoms with Gasteiger partial charge in [-0.05, 0) is 32.0 Å². The highest BCUT2D eigenvalue weighted by molar-refractivity contribution is 7.72. The van der Waals surface area contributed by atoms with Crippen molar-refractivity contribution in [2.45, 2.75) is 13.8 Å². The van der Waals surface area contributed by atoms with Gasteiger partial charge in [0.05, 0.1) is 18.8 Å². The molecule has 0 saturated heterocycles. The lowest BCUT2D eigenvalue weighted by Gasteiger charge is -2.17. The Morgan fingerprint density at radius 1 is 0.879 bits per heavy atom. The van der Waals surface area contributed by atoms with Crippen molar-refractivity contribution in [3.05, 3.63) is 64.6 Å². The Labute approximate surface area is 183 Å². The molecule has 13 heteroatoms. The monoisotopic (exact) mass is 491 g/mol. The maximum absolute atomic E-state index is 14.0. The Hall–Kier alpha value is -3.08. The van der Waals surface area contributed by atoms with Gasteiger partial charge in [0, 0.05) is 22.7 Å². The predicted molar refractivity (Wildman–Crippen MR) is 105 cm³/mol. The van der Waals surface area contributed by atoms with Crippen molar-refractivity contribution >= 4 is 30.0 Å². The standard InChI is InChI=1S/C20H15F5NO6P/c1-3-30-33(29,31-4-2)20(28)10-5-6-11-9(7-8-26-11)12(10)19(27)32-18-16(24)14(22)13(21)15(23)17(18)25/h5-8,26H,3-4H2,1-2H3. The average Bonchev–Trinajstić information content (AvgIpc) is 3.27. The molecule has 0 atom stereocenters. The van der Waals surface area contributed by atoms with Crippen molar-refractivity contribution in [1.82, 2.24) is 4.98 Å². The molecule has 0 aliphatic heterocycles. The summed E-state index contributed by atoms with van der Waals surface area (Å²) in [6.07, 6.45) is 1.35. The van der Waals surface area contributed by atoms with E-state index in [4.69, 9.17) is 9.05 Å². The molecule has 1 heterocycles. The molecule has 0 radical (unpaired) electrons. The smallest absolute Gasteiger partial charge is 0.401 e. The molecule has 33 heavy (non-hydrogen) atoms. The second kappa shape index (κ2) is 9.42. The van der Waals surface area contributed by atoms with E-state index in [-0.39, 0.29) is 24.1 Å². The fourth-order valence-corrected chi connectivity index (χ4v) is 4.46. The number of nitrogens with one attached hydrogen (secondary N) is 1. The van der Waals surface area contributed by atoms with E-state index in [1.54, 1.807) is 0 Å². The van der Waals surface area contributed by atoms with E-state index < -0.39 is 65.1 Å². The number of rotatable bonds is 8. The number of halogens is 5. The quantitative estimate of drug-likeness (QED) is 0.112. The van der Waals surface area contributed by atoms with Crippen LogP contribution in [0.4, 0.5) is 22.0 Å². The molecule has 176 valence electrons. The molecule has 0 bridgehead atoms. The highest BCUT2D eigenvalue weighted by Crippen LogP contribution is 2.52. The molecule has 0 amide bonds. The minimum Gasteiger partial charge on any atom is -0.416 e. The van der Waals surface area contributed by atoms with E-state index >= 15 is 0 Å². The van der Waals surface area contributed by atoms with Crippen LogP contribution >= 0.6 is 7.60 Å². The fourth-order valence-electron chi connectivity index (χ4n) is 2.99. The van der Waals surface area contributed by atoms with Gasteiger partial charge in [0.1, 0.15) is 0 Å². The Morgan fingerprint density at radius 2 is 1.42 bits per heavy atom. The number of ether oxygens (including phenoxy) is 1. The lowest BCUT2D eigenvalue weighted by Crippen LogP contribution is -2.18. The van der Waals surface area contributed by atoms with Gasteiger partial charge in [0.25, 0.3) is 5.52 Å². The molecule has 0 saturated carbocycles. The summed E-state index contributed by atoms with van der Waals surface area (Å²) in [7, 11) is -4.46. The first-order chi connectivity index (χ1) is 15.6. The lowest BCUT2D eigenvalue weighted by molar-refractivity contribution is 0.0714. The van der Waals surface area contributed by atoms with Crippen LogP contribution in [0.2, 0.25) is 0 Å². The third kappa shape index (κ3) is 4.29. The molecular formula is C20H15F5NO6P. The van der Waals surface area contributed by atoms with Gasteiger partial charge in [-0.2, -0.15) is 8.78 Å². The number of hydrogen-bond acceptors (Lipinski definition) is 6. The summed E-state index contributed by atoms with van der Waals surface area (Å²) < 4.78 is 95.8. The van der Waals surface area contributed by atoms with Crippen LogP contribution in [0.5, 0.6) is 5.75 Å². The summed E-state index contributed by atoms with van der Waals surface area (Å²) in [5.41, 5.74) is -2.24. The number of aromatic amines is 1. The van der Waals surface area contributed by atoms with Crippen molar-refractivity contribution in [3.63, 3.8) is 0 Å². The number of esters is 1. The number of fused-ring (bicyclic) bond motifs is 1. The van der Waals surface area contributed by atoms with Crippen molar-refractivity contribution < 1.29 is 49.9 Å². The Bertz CT molecular complexity index is 1270. The van der Waals surface area contributed by atoms with Crippen LogP contribution in [0, 0.1) is 29.1 Å². The van der Waals surface area contributed by atoms with E-state index in [2.05, 4.69) is 9.72 Å². The van der Waals surface area contributed by atoms with E-state index in [1.165, 1.54) is 32.2 Å². The second-order valence-corrected chi connectivity index (χ2v) is 8.27. The summed E-state index contributed by atoms with van der Waals surface area (Å²) in [6, 6.07) is 3.68. The van der Waals surface area contributed by atoms with Crippen LogP contribution in [0.3, 0.4) is 0 Å². The zero-order valence-electron chi connectivity index (χ0n) is 17.0. The van der Waals surface area contributed by atoms with E-state index in [1.807, 2.05) is 0 Å². The minimum atomic E-state index is -4.46. The average molecular weight is 491 g/mol. The fraction of sp³-hybridized carbons (Fsp3) is 0.200. The number of carbonyl (C=O) groups excluding carboxylic acids is 2. The second-order valence-electron chi connectivity index (χ2n) is 6.35. The van der Waals surface area contributed by atoms with Crippen molar-refractivity contribution in [2.24, 2.45) is 0 Å². The topological polar surface area (TPSA) is 94.7 Å². The summed E-state index contributed by atoms with van der Waals surface area (Å²) in [6.45, 7) is 2.48. The van der Waals surface area contributed by atoms with Gasteiger partial charge in [-0.1, -0.05) is 0 Å². The highest BCUT2D eigenvalue weighted by Gasteiger charge is 2.39. The molecule has 2 aromatic carbocycles. The van der Waals surface area contributed by atoms with Crippen molar-refractivity contribution in [3.8, 4) is 5.75 Å². The molecule has 0 fully saturated rings. The number of carbonyl (C=O) groups is 2. The van der Waals surface area contributed by atoms with Gasteiger partial charge < -0.3 is 18.8 Å². The van der Waals surface area contributed by atoms with Gasteiger partial charge in [-0.25, -0.2) is 18.0 Å². The van der Waals surface area contributed by atoms with Gasteiger partial charge in [0.2, 0.25) is 34.8 Å². The van der Waals surface area contributed by atoms with Gasteiger partial charge in [-0.3, -0.25) is 9.36 Å². The van der Waals surface area contributed by atoms with E-state index in [0.29, 0.717) is 0 Å². The molecule has 0 aliphatic rings. The van der Waals surface area contributed by atoms with Crippen LogP contribution in [0.1, 0.15) is 34.6 Å². The van der Waals surface area contributed by atoms with Crippen LogP contribution in [0.15, 0.2) is 24.4 Å². The first-order valence-corrected chi connectivity index (χ1v) is 10.9. The Morgan fingerprint density at radius 3 is 1.97 bits per heavy atom. The Balaban J connectivity index is 2.18. The largest absolute Gasteiger partial charge is 0.416 e.